The number of aromatic nitrogens is 12. The van der Waals surface area contributed by atoms with Crippen LogP contribution in [-0.2, 0) is 127 Å². The van der Waals surface area contributed by atoms with Crippen LogP contribution in [0.2, 0.25) is 103 Å². The summed E-state index contributed by atoms with van der Waals surface area (Å²) in [5.74, 6) is 0.891. The Bertz CT molecular complexity index is 6580. The van der Waals surface area contributed by atoms with E-state index in [9.17, 15) is 19.1 Å². The SMILES string of the molecule is CCOC(=O)N1Cc2nc(-c3n[nH]c4cc(-c5cc(F)c(O)cc5CC)ccc34)[nH]c2C1.CCOC(=O)N1Cc2nc(-c3nn(COCC[Si](C)(C)C)c4cc(-c5cc(F)c(OCc6ccccc6)cc5CC)ccc34)n(COCC[Si](C)(C)C)c2C1.CCc1cc(OCc2ccccc2)c(F)cc1-c1ccc2c(-c3nc4c(n3COCC[Si](C)(C)C)CCC4)nn(COCC[Si](C)(C)C)c2c1. The number of amides is 2. The average Bonchev–Trinajstić information content (AvgIpc) is 1.59. The molecule has 0 radical (unpaired) electrons. The monoisotopic (exact) mass is 1930 g/mol. The van der Waals surface area contributed by atoms with Gasteiger partial charge >= 0.3 is 12.2 Å². The molecule has 32 heteroatoms. The molecule has 8 heterocycles. The normalized spacial score (nSPS) is 13.2. The van der Waals surface area contributed by atoms with Crippen LogP contribution < -0.4 is 9.47 Å². The van der Waals surface area contributed by atoms with Gasteiger partial charge < -0.3 is 57.1 Å². The van der Waals surface area contributed by atoms with Gasteiger partial charge in [0.05, 0.1) is 84.4 Å². The first kappa shape index (κ1) is 99.7. The zero-order valence-corrected chi connectivity index (χ0v) is 86.3. The summed E-state index contributed by atoms with van der Waals surface area (Å²) in [5, 5.41) is 30.3. The van der Waals surface area contributed by atoms with Crippen LogP contribution in [-0.4, -0.2) is 158 Å². The molecule has 6 aromatic heterocycles. The molecule has 25 nitrogen and oxygen atoms in total. The smallest absolute Gasteiger partial charge is 0.410 e. The van der Waals surface area contributed by atoms with E-state index in [4.69, 9.17) is 58.1 Å². The van der Waals surface area contributed by atoms with Crippen molar-refractivity contribution in [1.82, 2.24) is 68.6 Å². The molecule has 3 N–H and O–H groups in total. The van der Waals surface area contributed by atoms with Gasteiger partial charge in [-0.1, -0.05) is 178 Å². The number of aryl methyl sites for hydroxylation is 4. The summed E-state index contributed by atoms with van der Waals surface area (Å²) in [6.07, 6.45) is 4.48. The highest BCUT2D eigenvalue weighted by atomic mass is 28.3. The summed E-state index contributed by atoms with van der Waals surface area (Å²) < 4.78 is 101. The highest BCUT2D eigenvalue weighted by molar-refractivity contribution is 6.77. The number of aromatic amines is 2. The first-order chi connectivity index (χ1) is 65.6. The first-order valence-corrected chi connectivity index (χ1v) is 62.9. The number of fused-ring (bicyclic) bond motifs is 6. The lowest BCUT2D eigenvalue weighted by Gasteiger charge is -2.18. The molecular weight excluding hydrogens is 1800 g/mol. The van der Waals surface area contributed by atoms with E-state index in [0.717, 1.165) is 190 Å². The number of aromatic hydroxyl groups is 1. The summed E-state index contributed by atoms with van der Waals surface area (Å²) in [5.41, 5.74) is 20.4. The standard InChI is InChI=1S/C42H56FN5O5Si2.C40H53FN4O3Si2.C23H22FN5O3/c1-9-31-23-39(53-27-30-14-12-11-13-15-30)35(43)24-34(31)32-16-17-33-37(22-32)48(29-51-19-21-55(6,7)8)45-40(33)41-44-36-25-46(42(49)52-10-2)26-38(36)47(41)28-50-18-20-54(3,4)5;1-8-30-24-38(48-26-29-13-10-9-11-14-29)34(41)25-33(30)31-17-18-32-37(23-31)45(28-47-20-22-50(5,6)7)43-39(32)40-42-35-15-12-16-36(35)44(40)27-46-19-21-49(2,3)4;1-3-12-8-20(30)16(24)9-15(12)13-5-6-14-17(7-13)27-28-21(14)22-25-18-10-29(11-19(18)26-22)23(31)32-4-2/h11-17,22-24H,9-10,18-21,25-29H2,1-8H3;9-11,13-14,17-18,23-25H,8,12,15-16,19-22,26-28H2,1-7H3;5-9,30H,3-4,10-11H2,1-2H3,(H,25,26)(H,27,28). The van der Waals surface area contributed by atoms with Crippen molar-refractivity contribution in [3.05, 3.63) is 231 Å². The van der Waals surface area contributed by atoms with Gasteiger partial charge in [0.25, 0.3) is 0 Å². The number of H-pyrrole nitrogens is 2. The maximum absolute atomic E-state index is 15.7. The molecule has 0 unspecified atom stereocenters. The summed E-state index contributed by atoms with van der Waals surface area (Å²) in [7, 11) is -5.10. The largest absolute Gasteiger partial charge is 0.505 e. The maximum Gasteiger partial charge on any atom is 0.410 e. The number of rotatable bonds is 37. The van der Waals surface area contributed by atoms with Gasteiger partial charge in [0.1, 0.15) is 57.2 Å². The van der Waals surface area contributed by atoms with Crippen molar-refractivity contribution < 1.29 is 65.8 Å². The van der Waals surface area contributed by atoms with Gasteiger partial charge in [-0.15, -0.1) is 0 Å². The minimum Gasteiger partial charge on any atom is -0.505 e. The number of benzene rings is 8. The first-order valence-electron chi connectivity index (χ1n) is 48.0. The Hall–Kier alpha value is -11.8. The molecule has 8 aromatic carbocycles. The third kappa shape index (κ3) is 24.3. The van der Waals surface area contributed by atoms with Crippen molar-refractivity contribution in [2.45, 2.75) is 242 Å². The van der Waals surface area contributed by atoms with E-state index in [1.54, 1.807) is 28.9 Å². The van der Waals surface area contributed by atoms with Crippen molar-refractivity contribution in [3.8, 4) is 85.2 Å². The molecule has 0 bridgehead atoms. The van der Waals surface area contributed by atoms with Crippen LogP contribution in [0.15, 0.2) is 152 Å². The zero-order chi connectivity index (χ0) is 97.2. The molecule has 3 aliphatic rings. The van der Waals surface area contributed by atoms with Crippen LogP contribution in [0.4, 0.5) is 22.8 Å². The van der Waals surface area contributed by atoms with Crippen LogP contribution in [0, 0.1) is 17.5 Å². The summed E-state index contributed by atoms with van der Waals surface area (Å²) >= 11 is 0. The molecule has 724 valence electrons. The third-order valence-corrected chi connectivity index (χ3v) is 31.8. The van der Waals surface area contributed by atoms with Crippen LogP contribution in [0.25, 0.3) is 101 Å². The molecule has 137 heavy (non-hydrogen) atoms. The fourth-order valence-corrected chi connectivity index (χ4v) is 20.2. The van der Waals surface area contributed by atoms with Gasteiger partial charge in [-0.3, -0.25) is 14.9 Å². The van der Waals surface area contributed by atoms with Crippen LogP contribution in [0.3, 0.4) is 0 Å². The number of nitrogens with zero attached hydrogens (tertiary/aromatic N) is 12. The average molecular weight is 1930 g/mol. The second-order valence-electron chi connectivity index (χ2n) is 40.3. The van der Waals surface area contributed by atoms with Gasteiger partial charge in [-0.05, 0) is 211 Å². The Balaban J connectivity index is 0.000000161. The van der Waals surface area contributed by atoms with E-state index >= 15 is 8.78 Å². The molecule has 14 aromatic rings. The molecular formula is C105H131F3N14O11Si4. The van der Waals surface area contributed by atoms with Gasteiger partial charge in [0, 0.05) is 80.6 Å². The van der Waals surface area contributed by atoms with E-state index < -0.39 is 43.9 Å². The summed E-state index contributed by atoms with van der Waals surface area (Å²) in [6, 6.07) is 51.8. The number of carbonyl (C=O) groups excluding carboxylic acids is 2. The highest BCUT2D eigenvalue weighted by Gasteiger charge is 2.35. The van der Waals surface area contributed by atoms with Gasteiger partial charge in [0.2, 0.25) is 0 Å². The Kier molecular flexibility index (Phi) is 31.7. The molecule has 0 saturated carbocycles. The van der Waals surface area contributed by atoms with Crippen LogP contribution >= 0.6 is 0 Å². The van der Waals surface area contributed by atoms with Gasteiger partial charge in [-0.2, -0.15) is 15.3 Å². The molecule has 2 amide bonds. The lowest BCUT2D eigenvalue weighted by atomic mass is 9.96. The maximum atomic E-state index is 15.7. The van der Waals surface area contributed by atoms with Crippen molar-refractivity contribution in [3.63, 3.8) is 0 Å². The van der Waals surface area contributed by atoms with E-state index in [-0.39, 0.29) is 55.3 Å². The Morgan fingerprint density at radius 2 is 0.869 bits per heavy atom. The van der Waals surface area contributed by atoms with Gasteiger partial charge in [0.15, 0.2) is 52.2 Å². The number of phenols is 1. The quantitative estimate of drug-likeness (QED) is 0.0241. The topological polar surface area (TPSA) is 263 Å². The fourth-order valence-electron chi connectivity index (χ4n) is 17.1. The number of carbonyl (C=O) groups is 2. The van der Waals surface area contributed by atoms with E-state index in [0.29, 0.717) is 115 Å². The van der Waals surface area contributed by atoms with Crippen molar-refractivity contribution in [2.75, 3.05) is 39.6 Å². The van der Waals surface area contributed by atoms with Gasteiger partial charge in [-0.25, -0.2) is 47.1 Å². The fraction of sp³-hybridized carbons (Fsp3) is 0.410. The molecule has 2 aliphatic heterocycles. The number of hydrogen-bond acceptors (Lipinski definition) is 17. The second kappa shape index (κ2) is 43.5. The molecule has 1 aliphatic carbocycles. The number of phenolic OH excluding ortho intramolecular Hbond substituents is 1. The minimum absolute atomic E-state index is 0.238. The highest BCUT2D eigenvalue weighted by Crippen LogP contribution is 2.43. The van der Waals surface area contributed by atoms with E-state index in [1.165, 1.54) is 17.8 Å². The summed E-state index contributed by atoms with van der Waals surface area (Å²) in [4.78, 5) is 46.1. The zero-order valence-electron chi connectivity index (χ0n) is 82.3. The minimum atomic E-state index is -1.32. The third-order valence-electron chi connectivity index (χ3n) is 25.0. The number of nitrogens with one attached hydrogen (secondary N) is 2. The molecule has 0 fully saturated rings. The van der Waals surface area contributed by atoms with E-state index in [1.807, 2.05) is 126 Å². The number of imidazole rings is 3. The van der Waals surface area contributed by atoms with Crippen LogP contribution in [0.1, 0.15) is 103 Å². The van der Waals surface area contributed by atoms with E-state index in [2.05, 4.69) is 146 Å². The Morgan fingerprint density at radius 3 is 1.34 bits per heavy atom. The number of ether oxygens (including phenoxy) is 8. The Morgan fingerprint density at radius 1 is 0.438 bits per heavy atom. The Labute approximate surface area is 804 Å². The second-order valence-corrected chi connectivity index (χ2v) is 62.8. The van der Waals surface area contributed by atoms with Crippen LogP contribution in [0.5, 0.6) is 17.2 Å². The van der Waals surface area contributed by atoms with Crippen molar-refractivity contribution in [2.24, 2.45) is 0 Å². The lowest BCUT2D eigenvalue weighted by Crippen LogP contribution is -2.27. The summed E-state index contributed by atoms with van der Waals surface area (Å²) in [6.45, 7) is 44.7. The predicted molar refractivity (Wildman–Crippen MR) is 544 cm³/mol. The molecule has 0 atom stereocenters. The number of halogens is 3. The number of hydrogen-bond donors (Lipinski definition) is 3. The van der Waals surface area contributed by atoms with Crippen molar-refractivity contribution >= 4 is 77.2 Å². The molecule has 0 saturated heterocycles. The lowest BCUT2D eigenvalue weighted by molar-refractivity contribution is 0.0809. The molecule has 17 rings (SSSR count). The van der Waals surface area contributed by atoms with Crippen molar-refractivity contribution in [1.29, 1.82) is 0 Å². The predicted octanol–water partition coefficient (Wildman–Crippen LogP) is 24.4. The molecule has 0 spiro atoms.